The van der Waals surface area contributed by atoms with Crippen molar-refractivity contribution in [1.82, 2.24) is 10.3 Å². The van der Waals surface area contributed by atoms with E-state index in [4.69, 9.17) is 4.42 Å². The Kier molecular flexibility index (Phi) is 4.24. The molecule has 114 valence electrons. The van der Waals surface area contributed by atoms with Gasteiger partial charge in [0.1, 0.15) is 11.3 Å². The smallest absolute Gasteiger partial charge is 0.251 e. The number of hydrogen-bond donors (Lipinski definition) is 1. The average molecular weight is 314 g/mol. The molecule has 0 saturated heterocycles. The zero-order chi connectivity index (χ0) is 15.5. The van der Waals surface area contributed by atoms with Gasteiger partial charge in [0, 0.05) is 35.0 Å². The summed E-state index contributed by atoms with van der Waals surface area (Å²) in [5.41, 5.74) is 2.54. The van der Waals surface area contributed by atoms with Gasteiger partial charge in [-0.25, -0.2) is 4.98 Å². The Balaban J connectivity index is 1.54. The van der Waals surface area contributed by atoms with Crippen LogP contribution in [0.15, 0.2) is 34.1 Å². The molecular formula is C17H18N2O2S. The third-order valence-corrected chi connectivity index (χ3v) is 4.45. The predicted octanol–water partition coefficient (Wildman–Crippen LogP) is 3.87. The molecule has 0 spiro atoms. The van der Waals surface area contributed by atoms with E-state index in [0.717, 1.165) is 40.3 Å². The van der Waals surface area contributed by atoms with Crippen LogP contribution in [0.1, 0.15) is 33.2 Å². The van der Waals surface area contributed by atoms with Crippen molar-refractivity contribution in [3.63, 3.8) is 0 Å². The molecule has 0 unspecified atom stereocenters. The van der Waals surface area contributed by atoms with E-state index in [0.29, 0.717) is 12.1 Å². The number of aryl methyl sites for hydroxylation is 3. The second-order valence-electron chi connectivity index (χ2n) is 5.35. The third kappa shape index (κ3) is 3.36. The number of rotatable bonds is 5. The van der Waals surface area contributed by atoms with Gasteiger partial charge in [0.15, 0.2) is 0 Å². The normalized spacial score (nSPS) is 11.0. The summed E-state index contributed by atoms with van der Waals surface area (Å²) in [5.74, 6) is 0.808. The Morgan fingerprint density at radius 3 is 2.95 bits per heavy atom. The van der Waals surface area contributed by atoms with Crippen molar-refractivity contribution in [2.75, 3.05) is 6.54 Å². The summed E-state index contributed by atoms with van der Waals surface area (Å²) in [4.78, 5) is 16.6. The summed E-state index contributed by atoms with van der Waals surface area (Å²) in [6.07, 6.45) is 1.80. The van der Waals surface area contributed by atoms with Crippen molar-refractivity contribution in [2.24, 2.45) is 0 Å². The molecule has 0 aliphatic heterocycles. The number of fused-ring (bicyclic) bond motifs is 1. The Morgan fingerprint density at radius 1 is 1.32 bits per heavy atom. The van der Waals surface area contributed by atoms with Crippen LogP contribution in [0.5, 0.6) is 0 Å². The molecule has 3 aromatic rings. The lowest BCUT2D eigenvalue weighted by Gasteiger charge is -2.04. The quantitative estimate of drug-likeness (QED) is 0.727. The standard InChI is InChI=1S/C17H18N2O2S/c1-11-10-22-16(19-11)4-3-7-18-17(20)13-5-6-15-14(9-13)8-12(2)21-15/h5-6,8-10H,3-4,7H2,1-2H3,(H,18,20). The van der Waals surface area contributed by atoms with Crippen molar-refractivity contribution >= 4 is 28.2 Å². The van der Waals surface area contributed by atoms with Crippen LogP contribution >= 0.6 is 11.3 Å². The largest absolute Gasteiger partial charge is 0.461 e. The number of aromatic nitrogens is 1. The number of hydrogen-bond acceptors (Lipinski definition) is 4. The molecule has 0 saturated carbocycles. The molecule has 0 radical (unpaired) electrons. The Hall–Kier alpha value is -2.14. The maximum Gasteiger partial charge on any atom is 0.251 e. The minimum Gasteiger partial charge on any atom is -0.461 e. The van der Waals surface area contributed by atoms with Gasteiger partial charge < -0.3 is 9.73 Å². The summed E-state index contributed by atoms with van der Waals surface area (Å²) < 4.78 is 5.51. The average Bonchev–Trinajstić information content (AvgIpc) is 3.07. The molecule has 2 heterocycles. The number of furan rings is 1. The van der Waals surface area contributed by atoms with Crippen molar-refractivity contribution < 1.29 is 9.21 Å². The van der Waals surface area contributed by atoms with Crippen LogP contribution in [0.25, 0.3) is 11.0 Å². The number of thiazole rings is 1. The zero-order valence-electron chi connectivity index (χ0n) is 12.7. The summed E-state index contributed by atoms with van der Waals surface area (Å²) in [7, 11) is 0. The molecule has 5 heteroatoms. The monoisotopic (exact) mass is 314 g/mol. The highest BCUT2D eigenvalue weighted by molar-refractivity contribution is 7.09. The zero-order valence-corrected chi connectivity index (χ0v) is 13.5. The first-order valence-corrected chi connectivity index (χ1v) is 8.19. The molecule has 22 heavy (non-hydrogen) atoms. The maximum absolute atomic E-state index is 12.2. The van der Waals surface area contributed by atoms with Crippen LogP contribution in [-0.2, 0) is 6.42 Å². The van der Waals surface area contributed by atoms with Crippen LogP contribution in [0.2, 0.25) is 0 Å². The molecular weight excluding hydrogens is 296 g/mol. The second kappa shape index (κ2) is 6.32. The molecule has 0 bridgehead atoms. The number of carbonyl (C=O) groups excluding carboxylic acids is 1. The first-order chi connectivity index (χ1) is 10.6. The van der Waals surface area contributed by atoms with E-state index in [1.807, 2.05) is 32.0 Å². The lowest BCUT2D eigenvalue weighted by Crippen LogP contribution is -2.24. The van der Waals surface area contributed by atoms with Crippen molar-refractivity contribution in [1.29, 1.82) is 0 Å². The lowest BCUT2D eigenvalue weighted by molar-refractivity contribution is 0.0953. The highest BCUT2D eigenvalue weighted by Crippen LogP contribution is 2.20. The number of nitrogens with zero attached hydrogens (tertiary/aromatic N) is 1. The summed E-state index contributed by atoms with van der Waals surface area (Å²) >= 11 is 1.67. The van der Waals surface area contributed by atoms with E-state index in [9.17, 15) is 4.79 Å². The van der Waals surface area contributed by atoms with Gasteiger partial charge >= 0.3 is 0 Å². The van der Waals surface area contributed by atoms with Gasteiger partial charge in [-0.15, -0.1) is 11.3 Å². The number of amides is 1. The maximum atomic E-state index is 12.2. The van der Waals surface area contributed by atoms with E-state index in [1.165, 1.54) is 0 Å². The fraction of sp³-hybridized carbons (Fsp3) is 0.294. The molecule has 4 nitrogen and oxygen atoms in total. The van der Waals surface area contributed by atoms with Crippen LogP contribution in [0.3, 0.4) is 0 Å². The minimum absolute atomic E-state index is 0.0453. The van der Waals surface area contributed by atoms with E-state index in [2.05, 4.69) is 15.7 Å². The van der Waals surface area contributed by atoms with Gasteiger partial charge in [-0.05, 0) is 44.5 Å². The molecule has 1 N–H and O–H groups in total. The fourth-order valence-electron chi connectivity index (χ4n) is 2.38. The molecule has 0 atom stereocenters. The molecule has 0 aliphatic carbocycles. The molecule has 0 fully saturated rings. The van der Waals surface area contributed by atoms with E-state index < -0.39 is 0 Å². The first-order valence-electron chi connectivity index (χ1n) is 7.31. The number of nitrogens with one attached hydrogen (secondary N) is 1. The minimum atomic E-state index is -0.0453. The van der Waals surface area contributed by atoms with E-state index in [-0.39, 0.29) is 5.91 Å². The molecule has 2 aromatic heterocycles. The highest BCUT2D eigenvalue weighted by Gasteiger charge is 2.08. The second-order valence-corrected chi connectivity index (χ2v) is 6.29. The summed E-state index contributed by atoms with van der Waals surface area (Å²) in [5, 5.41) is 7.09. The Bertz CT molecular complexity index is 804. The lowest BCUT2D eigenvalue weighted by atomic mass is 10.1. The number of benzene rings is 1. The van der Waals surface area contributed by atoms with Gasteiger partial charge in [0.25, 0.3) is 5.91 Å². The predicted molar refractivity (Wildman–Crippen MR) is 88.5 cm³/mol. The summed E-state index contributed by atoms with van der Waals surface area (Å²) in [6, 6.07) is 7.45. The van der Waals surface area contributed by atoms with Gasteiger partial charge in [-0.1, -0.05) is 0 Å². The first kappa shape index (κ1) is 14.8. The van der Waals surface area contributed by atoms with Crippen molar-refractivity contribution in [3.8, 4) is 0 Å². The Morgan fingerprint density at radius 2 is 2.18 bits per heavy atom. The van der Waals surface area contributed by atoms with Crippen LogP contribution in [-0.4, -0.2) is 17.4 Å². The van der Waals surface area contributed by atoms with Crippen molar-refractivity contribution in [2.45, 2.75) is 26.7 Å². The van der Waals surface area contributed by atoms with Crippen LogP contribution in [0, 0.1) is 13.8 Å². The van der Waals surface area contributed by atoms with Crippen molar-refractivity contribution in [3.05, 3.63) is 51.7 Å². The SMILES string of the molecule is Cc1csc(CCCNC(=O)c2ccc3oc(C)cc3c2)n1. The summed E-state index contributed by atoms with van der Waals surface area (Å²) in [6.45, 7) is 4.55. The van der Waals surface area contributed by atoms with Gasteiger partial charge in [-0.3, -0.25) is 4.79 Å². The molecule has 3 rings (SSSR count). The Labute approximate surface area is 133 Å². The highest BCUT2D eigenvalue weighted by atomic mass is 32.1. The van der Waals surface area contributed by atoms with Crippen LogP contribution in [0.4, 0.5) is 0 Å². The van der Waals surface area contributed by atoms with E-state index >= 15 is 0 Å². The van der Waals surface area contributed by atoms with Gasteiger partial charge in [0.05, 0.1) is 5.01 Å². The molecule has 0 aliphatic rings. The topological polar surface area (TPSA) is 55.1 Å². The number of carbonyl (C=O) groups is 1. The van der Waals surface area contributed by atoms with E-state index in [1.54, 1.807) is 17.4 Å². The van der Waals surface area contributed by atoms with Crippen LogP contribution < -0.4 is 5.32 Å². The van der Waals surface area contributed by atoms with Gasteiger partial charge in [-0.2, -0.15) is 0 Å². The molecule has 1 aromatic carbocycles. The fourth-order valence-corrected chi connectivity index (χ4v) is 3.20. The third-order valence-electron chi connectivity index (χ3n) is 3.42. The molecule has 1 amide bonds. The van der Waals surface area contributed by atoms with Gasteiger partial charge in [0.2, 0.25) is 0 Å².